The zero-order valence-corrected chi connectivity index (χ0v) is 16.5. The van der Waals surface area contributed by atoms with Crippen molar-refractivity contribution in [1.82, 2.24) is 14.5 Å². The Morgan fingerprint density at radius 2 is 1.86 bits per heavy atom. The molecule has 6 nitrogen and oxygen atoms in total. The highest BCUT2D eigenvalue weighted by Gasteiger charge is 2.18. The van der Waals surface area contributed by atoms with Crippen molar-refractivity contribution in [3.63, 3.8) is 0 Å². The predicted octanol–water partition coefficient (Wildman–Crippen LogP) is 3.03. The van der Waals surface area contributed by atoms with Gasteiger partial charge in [-0.05, 0) is 48.7 Å². The third-order valence-corrected chi connectivity index (χ3v) is 5.42. The molecule has 0 unspecified atom stereocenters. The molecule has 0 fully saturated rings. The molecule has 0 saturated heterocycles. The highest BCUT2D eigenvalue weighted by Crippen LogP contribution is 2.24. The summed E-state index contributed by atoms with van der Waals surface area (Å²) >= 11 is 0. The number of hydrogen-bond donors (Lipinski definition) is 2. The van der Waals surface area contributed by atoms with Crippen LogP contribution < -0.4 is 16.3 Å². The van der Waals surface area contributed by atoms with Gasteiger partial charge in [-0.25, -0.2) is 9.18 Å². The molecule has 0 saturated carbocycles. The SMILES string of the molecule is CCCn1c(=O)n(CCC(=O)Nc2ccc3c(c2F)CCNC3)c2ccccc21. The van der Waals surface area contributed by atoms with Crippen LogP contribution in [0.2, 0.25) is 0 Å². The van der Waals surface area contributed by atoms with Gasteiger partial charge in [0.1, 0.15) is 5.82 Å². The summed E-state index contributed by atoms with van der Waals surface area (Å²) in [4.78, 5) is 25.3. The highest BCUT2D eigenvalue weighted by atomic mass is 19.1. The summed E-state index contributed by atoms with van der Waals surface area (Å²) in [6, 6.07) is 11.0. The summed E-state index contributed by atoms with van der Waals surface area (Å²) in [7, 11) is 0. The maximum absolute atomic E-state index is 14.7. The first kappa shape index (κ1) is 19.4. The number of nitrogens with one attached hydrogen (secondary N) is 2. The minimum atomic E-state index is -0.353. The number of carbonyl (C=O) groups excluding carboxylic acids is 1. The van der Waals surface area contributed by atoms with E-state index in [2.05, 4.69) is 10.6 Å². The third kappa shape index (κ3) is 3.70. The van der Waals surface area contributed by atoms with E-state index in [4.69, 9.17) is 0 Å². The first-order chi connectivity index (χ1) is 14.1. The highest BCUT2D eigenvalue weighted by molar-refractivity contribution is 5.91. The second-order valence-electron chi connectivity index (χ2n) is 7.36. The maximum atomic E-state index is 14.7. The summed E-state index contributed by atoms with van der Waals surface area (Å²) < 4.78 is 18.1. The van der Waals surface area contributed by atoms with Gasteiger partial charge >= 0.3 is 5.69 Å². The van der Waals surface area contributed by atoms with Crippen molar-refractivity contribution in [3.05, 3.63) is 63.8 Å². The van der Waals surface area contributed by atoms with E-state index in [1.165, 1.54) is 0 Å². The molecule has 3 aromatic rings. The van der Waals surface area contributed by atoms with Crippen molar-refractivity contribution in [2.24, 2.45) is 0 Å². The molecule has 0 bridgehead atoms. The molecule has 0 atom stereocenters. The first-order valence-corrected chi connectivity index (χ1v) is 10.1. The molecular weight excluding hydrogens is 371 g/mol. The van der Waals surface area contributed by atoms with Crippen molar-refractivity contribution in [2.75, 3.05) is 11.9 Å². The standard InChI is InChI=1S/C22H25FN4O2/c1-2-12-26-18-5-3-4-6-19(18)27(22(26)29)13-10-20(28)25-17-8-7-15-14-24-11-9-16(15)21(17)23/h3-8,24H,2,9-14H2,1H3,(H,25,28). The van der Waals surface area contributed by atoms with E-state index in [1.54, 1.807) is 15.2 Å². The summed E-state index contributed by atoms with van der Waals surface area (Å²) in [5.41, 5.74) is 3.37. The molecule has 7 heteroatoms. The number of carbonyl (C=O) groups is 1. The number of para-hydroxylation sites is 2. The summed E-state index contributed by atoms with van der Waals surface area (Å²) in [5, 5.41) is 5.88. The van der Waals surface area contributed by atoms with Crippen molar-refractivity contribution < 1.29 is 9.18 Å². The molecule has 0 radical (unpaired) electrons. The minimum Gasteiger partial charge on any atom is -0.324 e. The summed E-state index contributed by atoms with van der Waals surface area (Å²) in [6.45, 7) is 4.28. The maximum Gasteiger partial charge on any atom is 0.329 e. The number of halogens is 1. The van der Waals surface area contributed by atoms with Gasteiger partial charge in [-0.15, -0.1) is 0 Å². The van der Waals surface area contributed by atoms with E-state index in [9.17, 15) is 14.0 Å². The zero-order chi connectivity index (χ0) is 20.4. The Kier molecular flexibility index (Phi) is 5.49. The molecule has 2 aromatic carbocycles. The Hall–Kier alpha value is -2.93. The fourth-order valence-electron chi connectivity index (χ4n) is 3.98. The molecule has 0 aliphatic carbocycles. The topological polar surface area (TPSA) is 68.1 Å². The lowest BCUT2D eigenvalue weighted by Crippen LogP contribution is -2.27. The van der Waals surface area contributed by atoms with Crippen LogP contribution >= 0.6 is 0 Å². The van der Waals surface area contributed by atoms with Gasteiger partial charge in [0.15, 0.2) is 0 Å². The number of aryl methyl sites for hydroxylation is 2. The van der Waals surface area contributed by atoms with Gasteiger partial charge in [0.25, 0.3) is 0 Å². The number of rotatable bonds is 6. The van der Waals surface area contributed by atoms with Crippen LogP contribution in [0.3, 0.4) is 0 Å². The van der Waals surface area contributed by atoms with Gasteiger partial charge < -0.3 is 10.6 Å². The third-order valence-electron chi connectivity index (χ3n) is 5.42. The quantitative estimate of drug-likeness (QED) is 0.673. The fraction of sp³-hybridized carbons (Fsp3) is 0.364. The monoisotopic (exact) mass is 396 g/mol. The molecule has 4 rings (SSSR count). The lowest BCUT2D eigenvalue weighted by atomic mass is 9.99. The van der Waals surface area contributed by atoms with Crippen LogP contribution in [0.4, 0.5) is 10.1 Å². The molecule has 152 valence electrons. The minimum absolute atomic E-state index is 0.0954. The lowest BCUT2D eigenvalue weighted by molar-refractivity contribution is -0.116. The van der Waals surface area contributed by atoms with Crippen LogP contribution in [-0.2, 0) is 30.8 Å². The average Bonchev–Trinajstić information content (AvgIpc) is 3.00. The van der Waals surface area contributed by atoms with Crippen molar-refractivity contribution in [3.8, 4) is 0 Å². The van der Waals surface area contributed by atoms with Crippen LogP contribution in [0.5, 0.6) is 0 Å². The normalized spacial score (nSPS) is 13.4. The molecule has 2 heterocycles. The van der Waals surface area contributed by atoms with E-state index in [0.717, 1.165) is 29.6 Å². The van der Waals surface area contributed by atoms with Crippen molar-refractivity contribution in [1.29, 1.82) is 0 Å². The van der Waals surface area contributed by atoms with Crippen molar-refractivity contribution in [2.45, 2.75) is 45.8 Å². The van der Waals surface area contributed by atoms with Gasteiger partial charge in [-0.3, -0.25) is 13.9 Å². The Balaban J connectivity index is 1.51. The molecule has 1 aromatic heterocycles. The van der Waals surface area contributed by atoms with Gasteiger partial charge in [-0.2, -0.15) is 0 Å². The number of fused-ring (bicyclic) bond motifs is 2. The van der Waals surface area contributed by atoms with Gasteiger partial charge in [0.2, 0.25) is 5.91 Å². The van der Waals surface area contributed by atoms with Gasteiger partial charge in [0, 0.05) is 26.1 Å². The Bertz CT molecular complexity index is 1120. The fourth-order valence-corrected chi connectivity index (χ4v) is 3.98. The van der Waals surface area contributed by atoms with Crippen LogP contribution in [-0.4, -0.2) is 21.6 Å². The van der Waals surface area contributed by atoms with Crippen LogP contribution in [0.15, 0.2) is 41.2 Å². The van der Waals surface area contributed by atoms with E-state index in [-0.39, 0.29) is 36.1 Å². The lowest BCUT2D eigenvalue weighted by Gasteiger charge is -2.19. The van der Waals surface area contributed by atoms with Crippen LogP contribution in [0, 0.1) is 5.82 Å². The average molecular weight is 396 g/mol. The summed E-state index contributed by atoms with van der Waals surface area (Å²) in [5.74, 6) is -0.661. The molecule has 1 aliphatic rings. The molecular formula is C22H25FN4O2. The zero-order valence-electron chi connectivity index (χ0n) is 16.5. The number of aromatic nitrogens is 2. The molecule has 1 amide bonds. The smallest absolute Gasteiger partial charge is 0.324 e. The van der Waals surface area contributed by atoms with E-state index < -0.39 is 0 Å². The first-order valence-electron chi connectivity index (χ1n) is 10.1. The Labute approximate surface area is 168 Å². The molecule has 1 aliphatic heterocycles. The van der Waals surface area contributed by atoms with Crippen LogP contribution in [0.1, 0.15) is 30.9 Å². The number of imidazole rings is 1. The number of anilines is 1. The number of benzene rings is 2. The predicted molar refractivity (Wildman–Crippen MR) is 112 cm³/mol. The van der Waals surface area contributed by atoms with Crippen molar-refractivity contribution >= 4 is 22.6 Å². The molecule has 0 spiro atoms. The number of nitrogens with zero attached hydrogens (tertiary/aromatic N) is 2. The van der Waals surface area contributed by atoms with E-state index in [1.807, 2.05) is 37.3 Å². The Morgan fingerprint density at radius 1 is 1.14 bits per heavy atom. The summed E-state index contributed by atoms with van der Waals surface area (Å²) in [6.07, 6.45) is 1.55. The Morgan fingerprint density at radius 3 is 2.59 bits per heavy atom. The second kappa shape index (κ2) is 8.21. The largest absolute Gasteiger partial charge is 0.329 e. The molecule has 2 N–H and O–H groups in total. The molecule has 29 heavy (non-hydrogen) atoms. The van der Waals surface area contributed by atoms with Crippen LogP contribution in [0.25, 0.3) is 11.0 Å². The van der Waals surface area contributed by atoms with Gasteiger partial charge in [-0.1, -0.05) is 25.1 Å². The van der Waals surface area contributed by atoms with Gasteiger partial charge in [0.05, 0.1) is 16.7 Å². The van der Waals surface area contributed by atoms with E-state index >= 15 is 0 Å². The number of amides is 1. The number of hydrogen-bond acceptors (Lipinski definition) is 3. The van der Waals surface area contributed by atoms with E-state index in [0.29, 0.717) is 25.1 Å². The second-order valence-corrected chi connectivity index (χ2v) is 7.36.